The van der Waals surface area contributed by atoms with Gasteiger partial charge in [0.25, 0.3) is 0 Å². The Bertz CT molecular complexity index is 931. The van der Waals surface area contributed by atoms with Crippen LogP contribution in [0.1, 0.15) is 36.8 Å². The molecule has 0 saturated heterocycles. The maximum atomic E-state index is 12.5. The molecule has 8 heteroatoms. The van der Waals surface area contributed by atoms with Crippen molar-refractivity contribution in [2.45, 2.75) is 37.8 Å². The number of aliphatic carboxylic acids is 1. The Morgan fingerprint density at radius 1 is 1.00 bits per heavy atom. The van der Waals surface area contributed by atoms with Gasteiger partial charge in [0, 0.05) is 25.7 Å². The van der Waals surface area contributed by atoms with Gasteiger partial charge in [-0.05, 0) is 35.6 Å². The van der Waals surface area contributed by atoms with Crippen LogP contribution in [-0.2, 0) is 19.1 Å². The number of carboxylic acids is 1. The summed E-state index contributed by atoms with van der Waals surface area (Å²) in [6.45, 7) is 2.30. The highest BCUT2D eigenvalue weighted by Crippen LogP contribution is 2.44. The number of carboxylic acid groups (broad SMARTS) is 1. The fourth-order valence-corrected chi connectivity index (χ4v) is 3.88. The third kappa shape index (κ3) is 5.64. The van der Waals surface area contributed by atoms with E-state index in [2.05, 4.69) is 10.6 Å². The van der Waals surface area contributed by atoms with Crippen LogP contribution in [0.25, 0.3) is 11.1 Å². The first-order valence-electron chi connectivity index (χ1n) is 10.5. The first kappa shape index (κ1) is 23.3. The molecule has 3 rings (SSSR count). The number of methoxy groups -OCH3 is 1. The van der Waals surface area contributed by atoms with E-state index in [1.165, 1.54) is 0 Å². The van der Waals surface area contributed by atoms with E-state index in [0.29, 0.717) is 13.0 Å². The summed E-state index contributed by atoms with van der Waals surface area (Å²) in [7, 11) is 1.56. The molecule has 0 bridgehead atoms. The zero-order chi connectivity index (χ0) is 23.1. The number of amides is 2. The van der Waals surface area contributed by atoms with Gasteiger partial charge >= 0.3 is 12.1 Å². The van der Waals surface area contributed by atoms with Crippen LogP contribution in [0.4, 0.5) is 4.79 Å². The summed E-state index contributed by atoms with van der Waals surface area (Å²) >= 11 is 0. The summed E-state index contributed by atoms with van der Waals surface area (Å²) in [6, 6.07) is 14.4. The second-order valence-corrected chi connectivity index (χ2v) is 7.81. The molecule has 2 aromatic carbocycles. The number of carbonyl (C=O) groups excluding carboxylic acids is 2. The standard InChI is InChI=1S/C24H28N2O6/c1-15(11-12-31-2)25-23(29)21(13-22(27)28)26-24(30)32-14-20-18-9-5-3-7-16(18)17-8-4-6-10-19(17)20/h3-10,15,20-21H,11-14H2,1-2H3,(H,25,29)(H,26,30)(H,27,28). The van der Waals surface area contributed by atoms with Gasteiger partial charge < -0.3 is 25.2 Å². The molecule has 8 nitrogen and oxygen atoms in total. The molecule has 0 radical (unpaired) electrons. The average molecular weight is 440 g/mol. The molecule has 0 spiro atoms. The number of rotatable bonds is 10. The molecule has 0 aliphatic heterocycles. The second-order valence-electron chi connectivity index (χ2n) is 7.81. The molecule has 2 amide bonds. The van der Waals surface area contributed by atoms with E-state index in [4.69, 9.17) is 14.6 Å². The van der Waals surface area contributed by atoms with Crippen LogP contribution in [0, 0.1) is 0 Å². The van der Waals surface area contributed by atoms with Gasteiger partial charge in [0.2, 0.25) is 5.91 Å². The number of fused-ring (bicyclic) bond motifs is 3. The van der Waals surface area contributed by atoms with Crippen molar-refractivity contribution in [3.8, 4) is 11.1 Å². The molecule has 32 heavy (non-hydrogen) atoms. The topological polar surface area (TPSA) is 114 Å². The lowest BCUT2D eigenvalue weighted by molar-refractivity contribution is -0.140. The monoisotopic (exact) mass is 440 g/mol. The van der Waals surface area contributed by atoms with Gasteiger partial charge in [-0.1, -0.05) is 48.5 Å². The third-order valence-corrected chi connectivity index (χ3v) is 5.47. The lowest BCUT2D eigenvalue weighted by Crippen LogP contribution is -2.50. The highest BCUT2D eigenvalue weighted by molar-refractivity contribution is 5.89. The van der Waals surface area contributed by atoms with Crippen molar-refractivity contribution in [3.05, 3.63) is 59.7 Å². The summed E-state index contributed by atoms with van der Waals surface area (Å²) in [5, 5.41) is 14.2. The van der Waals surface area contributed by atoms with Gasteiger partial charge in [-0.3, -0.25) is 9.59 Å². The molecule has 1 aliphatic carbocycles. The Labute approximate surface area is 186 Å². The van der Waals surface area contributed by atoms with E-state index in [9.17, 15) is 14.4 Å². The number of hydrogen-bond acceptors (Lipinski definition) is 5. The van der Waals surface area contributed by atoms with Gasteiger partial charge in [0.05, 0.1) is 6.42 Å². The van der Waals surface area contributed by atoms with Crippen LogP contribution in [0.2, 0.25) is 0 Å². The van der Waals surface area contributed by atoms with E-state index < -0.39 is 30.4 Å². The first-order valence-corrected chi connectivity index (χ1v) is 10.5. The number of nitrogens with one attached hydrogen (secondary N) is 2. The zero-order valence-electron chi connectivity index (χ0n) is 18.2. The number of benzene rings is 2. The van der Waals surface area contributed by atoms with Crippen LogP contribution in [-0.4, -0.2) is 55.5 Å². The van der Waals surface area contributed by atoms with Crippen LogP contribution in [0.15, 0.2) is 48.5 Å². The molecule has 0 fully saturated rings. The Balaban J connectivity index is 1.63. The van der Waals surface area contributed by atoms with E-state index in [0.717, 1.165) is 22.3 Å². The molecule has 3 N–H and O–H groups in total. The van der Waals surface area contributed by atoms with Crippen molar-refractivity contribution in [3.63, 3.8) is 0 Å². The summed E-state index contributed by atoms with van der Waals surface area (Å²) in [6.07, 6.45) is -0.821. The SMILES string of the molecule is COCCC(C)NC(=O)C(CC(=O)O)NC(=O)OCC1c2ccccc2-c2ccccc21. The predicted octanol–water partition coefficient (Wildman–Crippen LogP) is 2.91. The predicted molar refractivity (Wildman–Crippen MR) is 118 cm³/mol. The van der Waals surface area contributed by atoms with Crippen molar-refractivity contribution in [1.82, 2.24) is 10.6 Å². The Hall–Kier alpha value is -3.39. The molecule has 2 unspecified atom stereocenters. The van der Waals surface area contributed by atoms with Crippen molar-refractivity contribution < 1.29 is 29.0 Å². The van der Waals surface area contributed by atoms with Crippen molar-refractivity contribution >= 4 is 18.0 Å². The minimum Gasteiger partial charge on any atom is -0.481 e. The van der Waals surface area contributed by atoms with E-state index >= 15 is 0 Å². The molecule has 0 heterocycles. The first-order chi connectivity index (χ1) is 15.4. The minimum absolute atomic E-state index is 0.0749. The van der Waals surface area contributed by atoms with Crippen molar-refractivity contribution in [2.75, 3.05) is 20.3 Å². The summed E-state index contributed by atoms with van der Waals surface area (Å²) in [5.41, 5.74) is 4.33. The highest BCUT2D eigenvalue weighted by Gasteiger charge is 2.30. The molecule has 0 aromatic heterocycles. The van der Waals surface area contributed by atoms with Gasteiger partial charge in [-0.25, -0.2) is 4.79 Å². The lowest BCUT2D eigenvalue weighted by atomic mass is 9.98. The van der Waals surface area contributed by atoms with Crippen LogP contribution in [0.3, 0.4) is 0 Å². The molecular weight excluding hydrogens is 412 g/mol. The molecule has 2 atom stereocenters. The van der Waals surface area contributed by atoms with Crippen molar-refractivity contribution in [2.24, 2.45) is 0 Å². The number of alkyl carbamates (subject to hydrolysis) is 1. The van der Waals surface area contributed by atoms with Gasteiger partial charge in [0.1, 0.15) is 12.6 Å². The van der Waals surface area contributed by atoms with Crippen LogP contribution >= 0.6 is 0 Å². The van der Waals surface area contributed by atoms with Crippen molar-refractivity contribution in [1.29, 1.82) is 0 Å². The summed E-state index contributed by atoms with van der Waals surface area (Å²) in [4.78, 5) is 36.1. The summed E-state index contributed by atoms with van der Waals surface area (Å²) in [5.74, 6) is -1.91. The van der Waals surface area contributed by atoms with Crippen LogP contribution in [0.5, 0.6) is 0 Å². The Morgan fingerprint density at radius 3 is 2.16 bits per heavy atom. The Morgan fingerprint density at radius 2 is 1.59 bits per heavy atom. The van der Waals surface area contributed by atoms with Crippen LogP contribution < -0.4 is 10.6 Å². The smallest absolute Gasteiger partial charge is 0.407 e. The number of carbonyl (C=O) groups is 3. The molecule has 0 saturated carbocycles. The fraction of sp³-hybridized carbons (Fsp3) is 0.375. The van der Waals surface area contributed by atoms with Gasteiger partial charge in [-0.15, -0.1) is 0 Å². The molecule has 2 aromatic rings. The Kier molecular flexibility index (Phi) is 7.83. The maximum absolute atomic E-state index is 12.5. The summed E-state index contributed by atoms with van der Waals surface area (Å²) < 4.78 is 10.4. The van der Waals surface area contributed by atoms with E-state index in [1.54, 1.807) is 14.0 Å². The van der Waals surface area contributed by atoms with E-state index in [1.807, 2.05) is 48.5 Å². The quantitative estimate of drug-likeness (QED) is 0.524. The normalized spacial score (nSPS) is 14.1. The molecule has 1 aliphatic rings. The third-order valence-electron chi connectivity index (χ3n) is 5.47. The molecule has 170 valence electrons. The largest absolute Gasteiger partial charge is 0.481 e. The number of hydrogen-bond donors (Lipinski definition) is 3. The van der Waals surface area contributed by atoms with Gasteiger partial charge in [-0.2, -0.15) is 0 Å². The van der Waals surface area contributed by atoms with E-state index in [-0.39, 0.29) is 18.6 Å². The minimum atomic E-state index is -1.24. The number of ether oxygens (including phenoxy) is 2. The maximum Gasteiger partial charge on any atom is 0.407 e. The fourth-order valence-electron chi connectivity index (χ4n) is 3.88. The second kappa shape index (κ2) is 10.8. The highest BCUT2D eigenvalue weighted by atomic mass is 16.5. The lowest BCUT2D eigenvalue weighted by Gasteiger charge is -2.21. The van der Waals surface area contributed by atoms with Gasteiger partial charge in [0.15, 0.2) is 0 Å². The molecular formula is C24H28N2O6. The average Bonchev–Trinajstić information content (AvgIpc) is 3.09. The zero-order valence-corrected chi connectivity index (χ0v) is 18.2.